The molecule has 4 rings (SSSR count). The van der Waals surface area contributed by atoms with Gasteiger partial charge in [-0.25, -0.2) is 0 Å². The number of para-hydroxylation sites is 1. The fourth-order valence-electron chi connectivity index (χ4n) is 4.41. The first-order chi connectivity index (χ1) is 13.9. The molecule has 2 atom stereocenters. The van der Waals surface area contributed by atoms with Crippen LogP contribution in [0.3, 0.4) is 0 Å². The molecule has 1 aliphatic carbocycles. The van der Waals surface area contributed by atoms with Gasteiger partial charge < -0.3 is 15.2 Å². The molecule has 0 amide bonds. The smallest absolute Gasteiger partial charge is 0.142 e. The molecule has 0 aliphatic heterocycles. The average molecular weight is 408 g/mol. The SMILES string of the molecule is COc1ccc(Cl)cc1NC[C@@H]1[C@@H](c2ccc(-c3ccccc3O)cc2)C1(C)C. The van der Waals surface area contributed by atoms with Gasteiger partial charge in [-0.1, -0.05) is 67.9 Å². The van der Waals surface area contributed by atoms with Gasteiger partial charge in [0.05, 0.1) is 12.8 Å². The number of phenols is 1. The van der Waals surface area contributed by atoms with Crippen LogP contribution in [0.1, 0.15) is 25.3 Å². The highest BCUT2D eigenvalue weighted by Gasteiger charge is 2.57. The lowest BCUT2D eigenvalue weighted by molar-refractivity contribution is 0.416. The van der Waals surface area contributed by atoms with Gasteiger partial charge in [-0.2, -0.15) is 0 Å². The van der Waals surface area contributed by atoms with Gasteiger partial charge in [0.1, 0.15) is 11.5 Å². The molecule has 0 unspecified atom stereocenters. The highest BCUT2D eigenvalue weighted by Crippen LogP contribution is 2.64. The third kappa shape index (κ3) is 3.79. The molecule has 0 spiro atoms. The number of ether oxygens (including phenoxy) is 1. The van der Waals surface area contributed by atoms with E-state index in [1.165, 1.54) is 5.56 Å². The lowest BCUT2D eigenvalue weighted by Gasteiger charge is -2.12. The largest absolute Gasteiger partial charge is 0.507 e. The average Bonchev–Trinajstić information content (AvgIpc) is 3.27. The lowest BCUT2D eigenvalue weighted by atomic mass is 9.99. The van der Waals surface area contributed by atoms with Crippen LogP contribution in [-0.4, -0.2) is 18.8 Å². The Morgan fingerprint density at radius 3 is 2.45 bits per heavy atom. The zero-order valence-corrected chi connectivity index (χ0v) is 17.7. The summed E-state index contributed by atoms with van der Waals surface area (Å²) in [6.45, 7) is 5.49. The summed E-state index contributed by atoms with van der Waals surface area (Å²) in [4.78, 5) is 0. The van der Waals surface area contributed by atoms with E-state index in [0.717, 1.165) is 29.1 Å². The molecule has 1 aliphatic rings. The lowest BCUT2D eigenvalue weighted by Crippen LogP contribution is -2.08. The highest BCUT2D eigenvalue weighted by molar-refractivity contribution is 6.30. The van der Waals surface area contributed by atoms with E-state index in [2.05, 4.69) is 43.4 Å². The number of hydrogen-bond donors (Lipinski definition) is 2. The van der Waals surface area contributed by atoms with E-state index in [-0.39, 0.29) is 5.41 Å². The maximum atomic E-state index is 10.1. The maximum absolute atomic E-state index is 10.1. The summed E-state index contributed by atoms with van der Waals surface area (Å²) in [5.74, 6) is 2.11. The summed E-state index contributed by atoms with van der Waals surface area (Å²) in [5, 5.41) is 14.3. The molecule has 1 fully saturated rings. The van der Waals surface area contributed by atoms with E-state index in [4.69, 9.17) is 16.3 Å². The number of phenolic OH excluding ortho intramolecular Hbond substituents is 1. The van der Waals surface area contributed by atoms with Crippen molar-refractivity contribution in [2.24, 2.45) is 11.3 Å². The van der Waals surface area contributed by atoms with Crippen molar-refractivity contribution in [1.82, 2.24) is 0 Å². The molecule has 0 heterocycles. The Balaban J connectivity index is 1.48. The van der Waals surface area contributed by atoms with Crippen LogP contribution in [0.4, 0.5) is 5.69 Å². The van der Waals surface area contributed by atoms with Gasteiger partial charge >= 0.3 is 0 Å². The van der Waals surface area contributed by atoms with Gasteiger partial charge in [0.15, 0.2) is 0 Å². The topological polar surface area (TPSA) is 41.5 Å². The fourth-order valence-corrected chi connectivity index (χ4v) is 4.59. The molecular weight excluding hydrogens is 382 g/mol. The molecule has 0 aromatic heterocycles. The third-order valence-electron chi connectivity index (χ3n) is 6.21. The minimum absolute atomic E-state index is 0.217. The maximum Gasteiger partial charge on any atom is 0.142 e. The first-order valence-corrected chi connectivity index (χ1v) is 10.3. The summed E-state index contributed by atoms with van der Waals surface area (Å²) in [5.41, 5.74) is 4.37. The van der Waals surface area contributed by atoms with Gasteiger partial charge in [-0.05, 0) is 52.6 Å². The summed E-state index contributed by atoms with van der Waals surface area (Å²) < 4.78 is 5.44. The Morgan fingerprint density at radius 1 is 1.03 bits per heavy atom. The van der Waals surface area contributed by atoms with Crippen molar-refractivity contribution in [2.45, 2.75) is 19.8 Å². The summed E-state index contributed by atoms with van der Waals surface area (Å²) >= 11 is 6.15. The Labute approximate surface area is 177 Å². The van der Waals surface area contributed by atoms with Gasteiger partial charge in [-0.15, -0.1) is 0 Å². The van der Waals surface area contributed by atoms with E-state index in [0.29, 0.717) is 22.6 Å². The summed E-state index contributed by atoms with van der Waals surface area (Å²) in [7, 11) is 1.67. The van der Waals surface area contributed by atoms with Crippen molar-refractivity contribution in [3.63, 3.8) is 0 Å². The first kappa shape index (κ1) is 19.7. The fraction of sp³-hybridized carbons (Fsp3) is 0.280. The molecule has 1 saturated carbocycles. The van der Waals surface area contributed by atoms with Crippen molar-refractivity contribution in [2.75, 3.05) is 19.0 Å². The van der Waals surface area contributed by atoms with Crippen molar-refractivity contribution in [3.05, 3.63) is 77.3 Å². The molecule has 3 aromatic rings. The molecule has 0 radical (unpaired) electrons. The number of nitrogens with one attached hydrogen (secondary N) is 1. The van der Waals surface area contributed by atoms with E-state index in [9.17, 15) is 5.11 Å². The molecule has 150 valence electrons. The summed E-state index contributed by atoms with van der Waals surface area (Å²) in [6, 6.07) is 21.7. The first-order valence-electron chi connectivity index (χ1n) is 9.87. The van der Waals surface area contributed by atoms with Gasteiger partial charge in [0.2, 0.25) is 0 Å². The zero-order chi connectivity index (χ0) is 20.6. The van der Waals surface area contributed by atoms with Crippen LogP contribution in [0, 0.1) is 11.3 Å². The van der Waals surface area contributed by atoms with Crippen LogP contribution in [0.15, 0.2) is 66.7 Å². The second-order valence-corrected chi connectivity index (χ2v) is 8.71. The Morgan fingerprint density at radius 2 is 1.76 bits per heavy atom. The van der Waals surface area contributed by atoms with Crippen LogP contribution in [0.25, 0.3) is 11.1 Å². The second-order valence-electron chi connectivity index (χ2n) is 8.27. The number of hydrogen-bond acceptors (Lipinski definition) is 3. The molecule has 3 aromatic carbocycles. The Hall–Kier alpha value is -2.65. The Bertz CT molecular complexity index is 1010. The predicted molar refractivity (Wildman–Crippen MR) is 120 cm³/mol. The van der Waals surface area contributed by atoms with E-state index < -0.39 is 0 Å². The van der Waals surface area contributed by atoms with Crippen molar-refractivity contribution < 1.29 is 9.84 Å². The van der Waals surface area contributed by atoms with Crippen molar-refractivity contribution >= 4 is 17.3 Å². The summed E-state index contributed by atoms with van der Waals surface area (Å²) in [6.07, 6.45) is 0. The van der Waals surface area contributed by atoms with Crippen molar-refractivity contribution in [1.29, 1.82) is 0 Å². The monoisotopic (exact) mass is 407 g/mol. The minimum Gasteiger partial charge on any atom is -0.507 e. The number of methoxy groups -OCH3 is 1. The normalized spacial score (nSPS) is 19.6. The number of rotatable bonds is 6. The van der Waals surface area contributed by atoms with Gasteiger partial charge in [0, 0.05) is 17.1 Å². The van der Waals surface area contributed by atoms with Crippen LogP contribution < -0.4 is 10.1 Å². The van der Waals surface area contributed by atoms with Crippen molar-refractivity contribution in [3.8, 4) is 22.6 Å². The molecular formula is C25H26ClNO2. The van der Waals surface area contributed by atoms with E-state index >= 15 is 0 Å². The molecule has 3 nitrogen and oxygen atoms in total. The molecule has 0 saturated heterocycles. The second kappa shape index (κ2) is 7.64. The minimum atomic E-state index is 0.217. The molecule has 2 N–H and O–H groups in total. The van der Waals surface area contributed by atoms with Gasteiger partial charge in [0.25, 0.3) is 0 Å². The Kier molecular flexibility index (Phi) is 5.18. The molecule has 29 heavy (non-hydrogen) atoms. The highest BCUT2D eigenvalue weighted by atomic mass is 35.5. The third-order valence-corrected chi connectivity index (χ3v) is 6.44. The van der Waals surface area contributed by atoms with Crippen LogP contribution >= 0.6 is 11.6 Å². The number of aromatic hydroxyl groups is 1. The van der Waals surface area contributed by atoms with E-state index in [1.807, 2.05) is 36.4 Å². The number of halogens is 1. The molecule has 4 heteroatoms. The van der Waals surface area contributed by atoms with Crippen LogP contribution in [0.5, 0.6) is 11.5 Å². The van der Waals surface area contributed by atoms with Crippen LogP contribution in [0.2, 0.25) is 5.02 Å². The molecule has 0 bridgehead atoms. The predicted octanol–water partition coefficient (Wildman–Crippen LogP) is 6.57. The van der Waals surface area contributed by atoms with Gasteiger partial charge in [-0.3, -0.25) is 0 Å². The van der Waals surface area contributed by atoms with E-state index in [1.54, 1.807) is 13.2 Å². The standard InChI is InChI=1S/C25H26ClNO2/c1-25(2)20(15-27-21-14-18(26)12-13-23(21)29-3)24(25)17-10-8-16(9-11-17)19-6-4-5-7-22(19)28/h4-14,20,24,27-28H,15H2,1-3H3/t20-,24-/m1/s1. The quantitative estimate of drug-likeness (QED) is 0.485. The number of benzene rings is 3. The number of anilines is 1. The zero-order valence-electron chi connectivity index (χ0n) is 16.9. The van der Waals surface area contributed by atoms with Crippen LogP contribution in [-0.2, 0) is 0 Å².